The summed E-state index contributed by atoms with van der Waals surface area (Å²) in [6, 6.07) is 7.76. The van der Waals surface area contributed by atoms with Crippen molar-refractivity contribution in [3.63, 3.8) is 0 Å². The van der Waals surface area contributed by atoms with Gasteiger partial charge >= 0.3 is 6.18 Å². The van der Waals surface area contributed by atoms with Gasteiger partial charge in [-0.2, -0.15) is 13.2 Å². The number of nitrogens with zero attached hydrogens (tertiary/aromatic N) is 3. The standard InChI is InChI=1S/C20H19F3N6O2/c1-24-19-26-7-5-13(29-19)11-27-17-16(4-3-6-25-17)18(30)28-14-8-12(20(21,22)23)9-15(10-14)31-2/h3-10H,11H2,1-2H3,(H,25,27)(H,28,30)(H,24,26,29). The molecule has 0 unspecified atom stereocenters. The van der Waals surface area contributed by atoms with Crippen LogP contribution in [0.4, 0.5) is 30.6 Å². The van der Waals surface area contributed by atoms with Crippen molar-refractivity contribution in [1.82, 2.24) is 15.0 Å². The van der Waals surface area contributed by atoms with Crippen LogP contribution in [-0.4, -0.2) is 35.0 Å². The minimum Gasteiger partial charge on any atom is -0.497 e. The molecule has 0 aliphatic rings. The van der Waals surface area contributed by atoms with Gasteiger partial charge in [-0.15, -0.1) is 0 Å². The number of benzene rings is 1. The number of aromatic nitrogens is 3. The summed E-state index contributed by atoms with van der Waals surface area (Å²) >= 11 is 0. The monoisotopic (exact) mass is 432 g/mol. The zero-order valence-electron chi connectivity index (χ0n) is 16.6. The van der Waals surface area contributed by atoms with Crippen LogP contribution in [0.3, 0.4) is 0 Å². The number of hydrogen-bond acceptors (Lipinski definition) is 7. The second kappa shape index (κ2) is 9.28. The van der Waals surface area contributed by atoms with Crippen LogP contribution < -0.4 is 20.7 Å². The van der Waals surface area contributed by atoms with E-state index < -0.39 is 17.6 Å². The van der Waals surface area contributed by atoms with Crippen LogP contribution in [0.1, 0.15) is 21.6 Å². The Bertz CT molecular complexity index is 1070. The molecule has 2 heterocycles. The first-order valence-electron chi connectivity index (χ1n) is 9.06. The van der Waals surface area contributed by atoms with Crippen molar-refractivity contribution in [3.8, 4) is 5.75 Å². The second-order valence-corrected chi connectivity index (χ2v) is 6.28. The van der Waals surface area contributed by atoms with Crippen molar-refractivity contribution < 1.29 is 22.7 Å². The number of rotatable bonds is 7. The SMILES string of the molecule is CNc1nccc(CNc2ncccc2C(=O)Nc2cc(OC)cc(C(F)(F)F)c2)n1. The van der Waals surface area contributed by atoms with E-state index in [0.29, 0.717) is 11.6 Å². The van der Waals surface area contributed by atoms with Gasteiger partial charge in [-0.1, -0.05) is 0 Å². The van der Waals surface area contributed by atoms with Gasteiger partial charge in [0.1, 0.15) is 11.6 Å². The van der Waals surface area contributed by atoms with E-state index in [9.17, 15) is 18.0 Å². The number of ether oxygens (including phenoxy) is 1. The molecular formula is C20H19F3N6O2. The predicted molar refractivity (Wildman–Crippen MR) is 109 cm³/mol. The van der Waals surface area contributed by atoms with Crippen LogP contribution in [-0.2, 0) is 12.7 Å². The van der Waals surface area contributed by atoms with Gasteiger partial charge in [-0.25, -0.2) is 15.0 Å². The maximum atomic E-state index is 13.1. The van der Waals surface area contributed by atoms with Crippen molar-refractivity contribution in [1.29, 1.82) is 0 Å². The van der Waals surface area contributed by atoms with Gasteiger partial charge in [0, 0.05) is 31.2 Å². The van der Waals surface area contributed by atoms with Gasteiger partial charge < -0.3 is 20.7 Å². The lowest BCUT2D eigenvalue weighted by atomic mass is 10.1. The molecule has 31 heavy (non-hydrogen) atoms. The highest BCUT2D eigenvalue weighted by Crippen LogP contribution is 2.34. The summed E-state index contributed by atoms with van der Waals surface area (Å²) in [4.78, 5) is 25.2. The molecule has 3 rings (SSSR count). The molecule has 0 spiro atoms. The van der Waals surface area contributed by atoms with Crippen molar-refractivity contribution in [2.24, 2.45) is 0 Å². The minimum absolute atomic E-state index is 0.0289. The molecule has 0 atom stereocenters. The Labute approximate surface area is 175 Å². The van der Waals surface area contributed by atoms with Crippen molar-refractivity contribution in [2.75, 3.05) is 30.1 Å². The van der Waals surface area contributed by atoms with Crippen molar-refractivity contribution >= 4 is 23.4 Å². The first-order chi connectivity index (χ1) is 14.8. The molecule has 162 valence electrons. The molecule has 1 amide bonds. The van der Waals surface area contributed by atoms with Crippen LogP contribution in [0.15, 0.2) is 48.8 Å². The van der Waals surface area contributed by atoms with Crippen LogP contribution >= 0.6 is 0 Å². The third-order valence-corrected chi connectivity index (χ3v) is 4.15. The second-order valence-electron chi connectivity index (χ2n) is 6.28. The van der Waals surface area contributed by atoms with E-state index in [-0.39, 0.29) is 29.4 Å². The fourth-order valence-corrected chi connectivity index (χ4v) is 2.67. The third kappa shape index (κ3) is 5.59. The zero-order chi connectivity index (χ0) is 22.4. The Morgan fingerprint density at radius 1 is 1.13 bits per heavy atom. The Kier molecular flexibility index (Phi) is 6.53. The molecule has 0 aliphatic heterocycles. The topological polar surface area (TPSA) is 101 Å². The number of nitrogens with one attached hydrogen (secondary N) is 3. The average Bonchev–Trinajstić information content (AvgIpc) is 2.77. The van der Waals surface area contributed by atoms with Gasteiger partial charge in [0.2, 0.25) is 5.95 Å². The number of halogens is 3. The van der Waals surface area contributed by atoms with Crippen LogP contribution in [0.5, 0.6) is 5.75 Å². The molecule has 0 aliphatic carbocycles. The number of carbonyl (C=O) groups excluding carboxylic acids is 1. The van der Waals surface area contributed by atoms with Crippen molar-refractivity contribution in [3.05, 3.63) is 65.6 Å². The molecule has 3 N–H and O–H groups in total. The Morgan fingerprint density at radius 2 is 1.94 bits per heavy atom. The largest absolute Gasteiger partial charge is 0.497 e. The van der Waals surface area contributed by atoms with E-state index in [1.807, 2.05) is 0 Å². The Morgan fingerprint density at radius 3 is 2.65 bits per heavy atom. The summed E-state index contributed by atoms with van der Waals surface area (Å²) in [5.41, 5.74) is -0.183. The van der Waals surface area contributed by atoms with Gasteiger partial charge in [0.25, 0.3) is 5.91 Å². The van der Waals surface area contributed by atoms with Gasteiger partial charge in [0.05, 0.1) is 30.5 Å². The number of hydrogen-bond donors (Lipinski definition) is 3. The molecule has 11 heteroatoms. The molecule has 0 saturated carbocycles. The van der Waals surface area contributed by atoms with Crippen LogP contribution in [0, 0.1) is 0 Å². The van der Waals surface area contributed by atoms with Gasteiger partial charge in [-0.3, -0.25) is 4.79 Å². The quantitative estimate of drug-likeness (QED) is 0.522. The van der Waals surface area contributed by atoms with E-state index in [0.717, 1.165) is 12.1 Å². The molecule has 3 aromatic rings. The molecule has 2 aromatic heterocycles. The summed E-state index contributed by atoms with van der Waals surface area (Å²) in [7, 11) is 2.94. The number of amides is 1. The van der Waals surface area contributed by atoms with E-state index in [1.165, 1.54) is 25.4 Å². The lowest BCUT2D eigenvalue weighted by molar-refractivity contribution is -0.137. The number of pyridine rings is 1. The zero-order valence-corrected chi connectivity index (χ0v) is 16.6. The summed E-state index contributed by atoms with van der Waals surface area (Å²) in [6.07, 6.45) is -1.51. The number of anilines is 3. The number of alkyl halides is 3. The predicted octanol–water partition coefficient (Wildman–Crippen LogP) is 3.81. The number of methoxy groups -OCH3 is 1. The molecule has 0 radical (unpaired) electrons. The molecule has 0 fully saturated rings. The summed E-state index contributed by atoms with van der Waals surface area (Å²) < 4.78 is 44.3. The highest BCUT2D eigenvalue weighted by atomic mass is 19.4. The number of carbonyl (C=O) groups is 1. The van der Waals surface area contributed by atoms with Gasteiger partial charge in [0.15, 0.2) is 0 Å². The fraction of sp³-hybridized carbons (Fsp3) is 0.200. The minimum atomic E-state index is -4.58. The molecular weight excluding hydrogens is 413 g/mol. The van der Waals surface area contributed by atoms with Crippen LogP contribution in [0.25, 0.3) is 0 Å². The van der Waals surface area contributed by atoms with Gasteiger partial charge in [-0.05, 0) is 30.3 Å². The smallest absolute Gasteiger partial charge is 0.416 e. The average molecular weight is 432 g/mol. The lowest BCUT2D eigenvalue weighted by Crippen LogP contribution is -2.17. The normalized spacial score (nSPS) is 11.0. The summed E-state index contributed by atoms with van der Waals surface area (Å²) in [5.74, 6) is 0.0367. The first-order valence-corrected chi connectivity index (χ1v) is 9.06. The molecule has 0 bridgehead atoms. The van der Waals surface area contributed by atoms with E-state index >= 15 is 0 Å². The molecule has 1 aromatic carbocycles. The molecule has 0 saturated heterocycles. The maximum Gasteiger partial charge on any atom is 0.416 e. The van der Waals surface area contributed by atoms with Crippen molar-refractivity contribution in [2.45, 2.75) is 12.7 Å². The first kappa shape index (κ1) is 21.8. The summed E-state index contributed by atoms with van der Waals surface area (Å²) in [5, 5.41) is 8.31. The molecule has 8 nitrogen and oxygen atoms in total. The Balaban J connectivity index is 1.80. The summed E-state index contributed by atoms with van der Waals surface area (Å²) in [6.45, 7) is 0.256. The fourth-order valence-electron chi connectivity index (χ4n) is 2.67. The van der Waals surface area contributed by atoms with Crippen LogP contribution in [0.2, 0.25) is 0 Å². The van der Waals surface area contributed by atoms with E-state index in [1.54, 1.807) is 25.4 Å². The lowest BCUT2D eigenvalue weighted by Gasteiger charge is -2.14. The highest BCUT2D eigenvalue weighted by molar-refractivity contribution is 6.07. The van der Waals surface area contributed by atoms with E-state index in [2.05, 4.69) is 30.9 Å². The Hall–Kier alpha value is -3.89. The highest BCUT2D eigenvalue weighted by Gasteiger charge is 2.31. The van der Waals surface area contributed by atoms with E-state index in [4.69, 9.17) is 4.74 Å². The third-order valence-electron chi connectivity index (χ3n) is 4.15. The maximum absolute atomic E-state index is 13.1.